The van der Waals surface area contributed by atoms with E-state index in [0.29, 0.717) is 0 Å². The molecular formula is C21H27N. The Labute approximate surface area is 135 Å². The van der Waals surface area contributed by atoms with Crippen molar-refractivity contribution >= 4 is 11.3 Å². The highest BCUT2D eigenvalue weighted by Crippen LogP contribution is 2.24. The first kappa shape index (κ1) is 16.4. The maximum atomic E-state index is 4.02. The van der Waals surface area contributed by atoms with Gasteiger partial charge in [-0.25, -0.2) is 0 Å². The Bertz CT molecular complexity index is 644. The molecule has 0 spiro atoms. The average molecular weight is 293 g/mol. The molecule has 2 aromatic rings. The van der Waals surface area contributed by atoms with Gasteiger partial charge >= 0.3 is 0 Å². The minimum atomic E-state index is 0.209. The minimum absolute atomic E-state index is 0.209. The van der Waals surface area contributed by atoms with E-state index in [9.17, 15) is 0 Å². The molecule has 2 rings (SSSR count). The van der Waals surface area contributed by atoms with Crippen molar-refractivity contribution in [2.45, 2.75) is 39.7 Å². The van der Waals surface area contributed by atoms with Gasteiger partial charge in [0.05, 0.1) is 0 Å². The SMILES string of the molecule is C=C(C)c1cccc(N(C)Cc2ccc(C(C)(C)C)cc2)c1. The van der Waals surface area contributed by atoms with Gasteiger partial charge in [0.2, 0.25) is 0 Å². The molecule has 0 heterocycles. The van der Waals surface area contributed by atoms with Crippen molar-refractivity contribution in [3.63, 3.8) is 0 Å². The molecule has 0 amide bonds. The van der Waals surface area contributed by atoms with E-state index in [2.05, 4.69) is 87.8 Å². The van der Waals surface area contributed by atoms with Gasteiger partial charge in [-0.15, -0.1) is 0 Å². The summed E-state index contributed by atoms with van der Waals surface area (Å²) < 4.78 is 0. The summed E-state index contributed by atoms with van der Waals surface area (Å²) in [5.74, 6) is 0. The van der Waals surface area contributed by atoms with Crippen LogP contribution in [0.2, 0.25) is 0 Å². The number of hydrogen-bond donors (Lipinski definition) is 0. The third-order valence-electron chi connectivity index (χ3n) is 4.02. The lowest BCUT2D eigenvalue weighted by molar-refractivity contribution is 0.590. The summed E-state index contributed by atoms with van der Waals surface area (Å²) in [4.78, 5) is 2.28. The molecule has 0 bridgehead atoms. The lowest BCUT2D eigenvalue weighted by atomic mass is 9.87. The second-order valence-corrected chi connectivity index (χ2v) is 7.13. The van der Waals surface area contributed by atoms with E-state index < -0.39 is 0 Å². The Morgan fingerprint density at radius 1 is 1.05 bits per heavy atom. The number of rotatable bonds is 4. The Balaban J connectivity index is 2.13. The Morgan fingerprint density at radius 2 is 1.68 bits per heavy atom. The summed E-state index contributed by atoms with van der Waals surface area (Å²) >= 11 is 0. The lowest BCUT2D eigenvalue weighted by Gasteiger charge is -2.22. The van der Waals surface area contributed by atoms with Crippen LogP contribution < -0.4 is 4.90 Å². The number of hydrogen-bond acceptors (Lipinski definition) is 1. The van der Waals surface area contributed by atoms with E-state index in [-0.39, 0.29) is 5.41 Å². The van der Waals surface area contributed by atoms with Crippen LogP contribution in [0.3, 0.4) is 0 Å². The maximum absolute atomic E-state index is 4.02. The number of allylic oxidation sites excluding steroid dienone is 1. The highest BCUT2D eigenvalue weighted by atomic mass is 15.1. The van der Waals surface area contributed by atoms with Crippen LogP contribution in [0.5, 0.6) is 0 Å². The molecule has 22 heavy (non-hydrogen) atoms. The molecular weight excluding hydrogens is 266 g/mol. The fourth-order valence-corrected chi connectivity index (χ4v) is 2.48. The van der Waals surface area contributed by atoms with Crippen molar-refractivity contribution in [3.8, 4) is 0 Å². The third kappa shape index (κ3) is 4.00. The molecule has 0 aliphatic rings. The van der Waals surface area contributed by atoms with E-state index in [1.165, 1.54) is 22.4 Å². The van der Waals surface area contributed by atoms with Gasteiger partial charge in [-0.3, -0.25) is 0 Å². The summed E-state index contributed by atoms with van der Waals surface area (Å²) in [6.45, 7) is 13.7. The topological polar surface area (TPSA) is 3.24 Å². The van der Waals surface area contributed by atoms with Gasteiger partial charge in [-0.05, 0) is 41.2 Å². The van der Waals surface area contributed by atoms with E-state index in [1.54, 1.807) is 0 Å². The van der Waals surface area contributed by atoms with E-state index in [4.69, 9.17) is 0 Å². The molecule has 116 valence electrons. The summed E-state index contributed by atoms with van der Waals surface area (Å²) in [6, 6.07) is 17.5. The molecule has 0 saturated heterocycles. The molecule has 0 aliphatic carbocycles. The molecule has 1 heteroatoms. The van der Waals surface area contributed by atoms with Crippen molar-refractivity contribution in [1.82, 2.24) is 0 Å². The van der Waals surface area contributed by atoms with E-state index in [1.807, 2.05) is 6.92 Å². The molecule has 0 aromatic heterocycles. The summed E-state index contributed by atoms with van der Waals surface area (Å²) in [6.07, 6.45) is 0. The molecule has 0 N–H and O–H groups in total. The number of anilines is 1. The molecule has 0 radical (unpaired) electrons. The molecule has 0 aliphatic heterocycles. The van der Waals surface area contributed by atoms with Gasteiger partial charge in [0.15, 0.2) is 0 Å². The largest absolute Gasteiger partial charge is 0.370 e. The van der Waals surface area contributed by atoms with Crippen LogP contribution in [0.4, 0.5) is 5.69 Å². The molecule has 0 unspecified atom stereocenters. The zero-order chi connectivity index (χ0) is 16.3. The van der Waals surface area contributed by atoms with E-state index >= 15 is 0 Å². The highest BCUT2D eigenvalue weighted by molar-refractivity contribution is 5.65. The smallest absolute Gasteiger partial charge is 0.0426 e. The first-order chi connectivity index (χ1) is 10.3. The van der Waals surface area contributed by atoms with Crippen molar-refractivity contribution in [2.24, 2.45) is 0 Å². The number of benzene rings is 2. The zero-order valence-electron chi connectivity index (χ0n) is 14.5. The lowest BCUT2D eigenvalue weighted by Crippen LogP contribution is -2.17. The van der Waals surface area contributed by atoms with Crippen LogP contribution >= 0.6 is 0 Å². The van der Waals surface area contributed by atoms with Gasteiger partial charge in [0.25, 0.3) is 0 Å². The third-order valence-corrected chi connectivity index (χ3v) is 4.02. The van der Waals surface area contributed by atoms with Crippen LogP contribution in [-0.4, -0.2) is 7.05 Å². The first-order valence-corrected chi connectivity index (χ1v) is 7.84. The second-order valence-electron chi connectivity index (χ2n) is 7.13. The summed E-state index contributed by atoms with van der Waals surface area (Å²) in [7, 11) is 2.13. The standard InChI is InChI=1S/C21H27N/c1-16(2)18-8-7-9-20(14-18)22(6)15-17-10-12-19(13-11-17)21(3,4)5/h7-14H,1,15H2,2-6H3. The van der Waals surface area contributed by atoms with Crippen LogP contribution in [0.25, 0.3) is 5.57 Å². The van der Waals surface area contributed by atoms with Gasteiger partial charge in [-0.2, -0.15) is 0 Å². The van der Waals surface area contributed by atoms with Gasteiger partial charge in [0.1, 0.15) is 0 Å². The van der Waals surface area contributed by atoms with Crippen molar-refractivity contribution in [2.75, 3.05) is 11.9 Å². The highest BCUT2D eigenvalue weighted by Gasteiger charge is 2.13. The van der Waals surface area contributed by atoms with Crippen LogP contribution in [0, 0.1) is 0 Å². The summed E-state index contributed by atoms with van der Waals surface area (Å²) in [5.41, 5.74) is 6.44. The van der Waals surface area contributed by atoms with Gasteiger partial charge < -0.3 is 4.90 Å². The predicted octanol–water partition coefficient (Wildman–Crippen LogP) is 5.65. The molecule has 0 atom stereocenters. The fourth-order valence-electron chi connectivity index (χ4n) is 2.48. The molecule has 1 nitrogen and oxygen atoms in total. The van der Waals surface area contributed by atoms with Crippen molar-refractivity contribution in [3.05, 3.63) is 71.8 Å². The van der Waals surface area contributed by atoms with Crippen LogP contribution in [-0.2, 0) is 12.0 Å². The predicted molar refractivity (Wildman–Crippen MR) is 98.4 cm³/mol. The Kier molecular flexibility index (Phi) is 4.75. The monoisotopic (exact) mass is 293 g/mol. The first-order valence-electron chi connectivity index (χ1n) is 7.84. The second kappa shape index (κ2) is 6.39. The molecule has 0 fully saturated rings. The fraction of sp³-hybridized carbons (Fsp3) is 0.333. The molecule has 0 saturated carbocycles. The molecule has 2 aromatic carbocycles. The quantitative estimate of drug-likeness (QED) is 0.703. The van der Waals surface area contributed by atoms with Crippen LogP contribution in [0.15, 0.2) is 55.1 Å². The summed E-state index contributed by atoms with van der Waals surface area (Å²) in [5, 5.41) is 0. The normalized spacial score (nSPS) is 11.3. The average Bonchev–Trinajstić information content (AvgIpc) is 2.47. The van der Waals surface area contributed by atoms with Gasteiger partial charge in [0, 0.05) is 19.3 Å². The van der Waals surface area contributed by atoms with Crippen LogP contribution in [0.1, 0.15) is 44.4 Å². The minimum Gasteiger partial charge on any atom is -0.370 e. The van der Waals surface area contributed by atoms with Crippen molar-refractivity contribution in [1.29, 1.82) is 0 Å². The van der Waals surface area contributed by atoms with E-state index in [0.717, 1.165) is 12.1 Å². The zero-order valence-corrected chi connectivity index (χ0v) is 14.5. The number of nitrogens with zero attached hydrogens (tertiary/aromatic N) is 1. The van der Waals surface area contributed by atoms with Gasteiger partial charge in [-0.1, -0.05) is 69.3 Å². The maximum Gasteiger partial charge on any atom is 0.0426 e. The Morgan fingerprint density at radius 3 is 2.23 bits per heavy atom. The van der Waals surface area contributed by atoms with Crippen molar-refractivity contribution < 1.29 is 0 Å². The Hall–Kier alpha value is -2.02.